The summed E-state index contributed by atoms with van der Waals surface area (Å²) in [6.45, 7) is 3.10. The average molecular weight is 431 g/mol. The first-order valence-electron chi connectivity index (χ1n) is 10.1. The Balaban J connectivity index is 1.64. The number of aliphatic hydroxyl groups is 1. The fraction of sp³-hybridized carbons (Fsp3) is 0.391. The summed E-state index contributed by atoms with van der Waals surface area (Å²) in [6, 6.07) is 12.2. The number of anilines is 1. The molecule has 1 aliphatic rings. The third-order valence-corrected chi connectivity index (χ3v) is 5.98. The zero-order chi connectivity index (χ0) is 22.3. The smallest absolute Gasteiger partial charge is 0.418 e. The molecule has 0 radical (unpaired) electrons. The summed E-state index contributed by atoms with van der Waals surface area (Å²) in [6.07, 6.45) is -3.36. The number of fused-ring (bicyclic) bond motifs is 2. The van der Waals surface area contributed by atoms with E-state index in [4.69, 9.17) is 4.74 Å². The average Bonchev–Trinajstić information content (AvgIpc) is 2.71. The van der Waals surface area contributed by atoms with Crippen LogP contribution < -0.4 is 10.1 Å². The molecule has 0 saturated carbocycles. The van der Waals surface area contributed by atoms with Gasteiger partial charge in [-0.2, -0.15) is 13.2 Å². The standard InChI is InChI=1S/C23H24F3N3O2/c1-15-27-12-16-18(7-5-8-19(16)29-15)28-14-22(30,23(24,25)26)13-21(2)10-11-31-20-9-4-3-6-17(20)21/h3-9,12,28,30H,10-11,13-14H2,1-2H3. The van der Waals surface area contributed by atoms with Gasteiger partial charge in [0.15, 0.2) is 5.60 Å². The van der Waals surface area contributed by atoms with E-state index in [0.29, 0.717) is 46.8 Å². The summed E-state index contributed by atoms with van der Waals surface area (Å²) in [5, 5.41) is 14.3. The Hall–Kier alpha value is -2.87. The van der Waals surface area contributed by atoms with E-state index < -0.39 is 30.2 Å². The Morgan fingerprint density at radius 3 is 2.71 bits per heavy atom. The van der Waals surface area contributed by atoms with Crippen molar-refractivity contribution in [3.8, 4) is 5.75 Å². The highest BCUT2D eigenvalue weighted by Crippen LogP contribution is 2.47. The van der Waals surface area contributed by atoms with Crippen LogP contribution in [0.5, 0.6) is 5.75 Å². The molecule has 2 N–H and O–H groups in total. The number of benzene rings is 2. The van der Waals surface area contributed by atoms with Crippen LogP contribution >= 0.6 is 0 Å². The van der Waals surface area contributed by atoms with Crippen molar-refractivity contribution in [2.24, 2.45) is 0 Å². The summed E-state index contributed by atoms with van der Waals surface area (Å²) in [4.78, 5) is 8.45. The molecule has 164 valence electrons. The monoisotopic (exact) mass is 431 g/mol. The van der Waals surface area contributed by atoms with Gasteiger partial charge in [-0.1, -0.05) is 31.2 Å². The van der Waals surface area contributed by atoms with Gasteiger partial charge in [0.1, 0.15) is 11.6 Å². The van der Waals surface area contributed by atoms with Crippen molar-refractivity contribution in [2.75, 3.05) is 18.5 Å². The minimum Gasteiger partial charge on any atom is -0.493 e. The van der Waals surface area contributed by atoms with Crippen LogP contribution in [0, 0.1) is 6.92 Å². The highest BCUT2D eigenvalue weighted by atomic mass is 19.4. The van der Waals surface area contributed by atoms with Crippen LogP contribution in [0.4, 0.5) is 18.9 Å². The van der Waals surface area contributed by atoms with Gasteiger partial charge in [0, 0.05) is 28.2 Å². The van der Waals surface area contributed by atoms with Crippen molar-refractivity contribution in [3.05, 3.63) is 60.0 Å². The highest BCUT2D eigenvalue weighted by Gasteiger charge is 2.57. The van der Waals surface area contributed by atoms with E-state index in [1.165, 1.54) is 0 Å². The summed E-state index contributed by atoms with van der Waals surface area (Å²) in [5.41, 5.74) is -2.09. The molecule has 1 aromatic heterocycles. The maximum Gasteiger partial charge on any atom is 0.418 e. The van der Waals surface area contributed by atoms with Crippen molar-refractivity contribution in [3.63, 3.8) is 0 Å². The number of rotatable bonds is 5. The lowest BCUT2D eigenvalue weighted by Crippen LogP contribution is -2.54. The summed E-state index contributed by atoms with van der Waals surface area (Å²) >= 11 is 0. The van der Waals surface area contributed by atoms with Crippen LogP contribution in [0.15, 0.2) is 48.7 Å². The van der Waals surface area contributed by atoms with E-state index >= 15 is 0 Å². The van der Waals surface area contributed by atoms with E-state index in [-0.39, 0.29) is 0 Å². The molecule has 8 heteroatoms. The predicted octanol–water partition coefficient (Wildman–Crippen LogP) is 4.77. The number of nitrogens with one attached hydrogen (secondary N) is 1. The van der Waals surface area contributed by atoms with Crippen molar-refractivity contribution in [1.82, 2.24) is 9.97 Å². The molecule has 2 heterocycles. The Bertz CT molecular complexity index is 1100. The molecule has 0 saturated heterocycles. The van der Waals surface area contributed by atoms with Gasteiger partial charge in [0.25, 0.3) is 0 Å². The van der Waals surface area contributed by atoms with Crippen LogP contribution in [-0.2, 0) is 5.41 Å². The van der Waals surface area contributed by atoms with Crippen LogP contribution in [0.25, 0.3) is 10.9 Å². The Labute approximate surface area is 178 Å². The number of aryl methyl sites for hydroxylation is 1. The zero-order valence-electron chi connectivity index (χ0n) is 17.3. The molecule has 0 aliphatic carbocycles. The van der Waals surface area contributed by atoms with Gasteiger partial charge in [0.2, 0.25) is 0 Å². The lowest BCUT2D eigenvalue weighted by molar-refractivity contribution is -0.261. The van der Waals surface area contributed by atoms with Gasteiger partial charge in [-0.3, -0.25) is 0 Å². The topological polar surface area (TPSA) is 67.3 Å². The minimum absolute atomic E-state index is 0.300. The largest absolute Gasteiger partial charge is 0.493 e. The van der Waals surface area contributed by atoms with Gasteiger partial charge in [-0.15, -0.1) is 0 Å². The van der Waals surface area contributed by atoms with E-state index in [9.17, 15) is 18.3 Å². The molecule has 5 nitrogen and oxygen atoms in total. The molecule has 0 fully saturated rings. The third-order valence-electron chi connectivity index (χ3n) is 5.98. The number of para-hydroxylation sites is 1. The molecule has 0 amide bonds. The number of nitrogens with zero attached hydrogens (tertiary/aromatic N) is 2. The lowest BCUT2D eigenvalue weighted by Gasteiger charge is -2.42. The molecule has 0 bridgehead atoms. The Morgan fingerprint density at radius 2 is 1.94 bits per heavy atom. The number of alkyl halides is 3. The minimum atomic E-state index is -4.83. The number of aromatic nitrogens is 2. The van der Waals surface area contributed by atoms with Crippen LogP contribution in [-0.4, -0.2) is 40.0 Å². The van der Waals surface area contributed by atoms with Crippen molar-refractivity contribution in [1.29, 1.82) is 0 Å². The van der Waals surface area contributed by atoms with Crippen molar-refractivity contribution >= 4 is 16.6 Å². The predicted molar refractivity (Wildman–Crippen MR) is 112 cm³/mol. The first-order valence-corrected chi connectivity index (χ1v) is 10.1. The van der Waals surface area contributed by atoms with Crippen molar-refractivity contribution in [2.45, 2.75) is 43.9 Å². The Morgan fingerprint density at radius 1 is 1.16 bits per heavy atom. The highest BCUT2D eigenvalue weighted by molar-refractivity contribution is 5.90. The van der Waals surface area contributed by atoms with E-state index in [1.54, 1.807) is 62.5 Å². The van der Waals surface area contributed by atoms with Crippen LogP contribution in [0.3, 0.4) is 0 Å². The van der Waals surface area contributed by atoms with Gasteiger partial charge < -0.3 is 15.2 Å². The molecule has 0 spiro atoms. The fourth-order valence-corrected chi connectivity index (χ4v) is 4.25. The molecule has 2 unspecified atom stereocenters. The quantitative estimate of drug-likeness (QED) is 0.609. The number of ether oxygens (including phenoxy) is 1. The molecule has 4 rings (SSSR count). The molecule has 1 aliphatic heterocycles. The van der Waals surface area contributed by atoms with Crippen molar-refractivity contribution < 1.29 is 23.0 Å². The summed E-state index contributed by atoms with van der Waals surface area (Å²) in [5.74, 6) is 1.14. The second-order valence-electron chi connectivity index (χ2n) is 8.37. The number of halogens is 3. The van der Waals surface area contributed by atoms with Crippen LogP contribution in [0.1, 0.15) is 31.2 Å². The number of hydrogen-bond donors (Lipinski definition) is 2. The SMILES string of the molecule is Cc1ncc2c(NCC(O)(CC3(C)CCOc4ccccc43)C(F)(F)F)cccc2n1. The van der Waals surface area contributed by atoms with Gasteiger partial charge in [0.05, 0.1) is 18.7 Å². The molecule has 31 heavy (non-hydrogen) atoms. The second-order valence-corrected chi connectivity index (χ2v) is 8.37. The zero-order valence-corrected chi connectivity index (χ0v) is 17.3. The molecule has 3 aromatic rings. The second kappa shape index (κ2) is 7.67. The molecule has 2 aromatic carbocycles. The Kier molecular flexibility index (Phi) is 5.29. The van der Waals surface area contributed by atoms with Crippen LogP contribution in [0.2, 0.25) is 0 Å². The van der Waals surface area contributed by atoms with E-state index in [2.05, 4.69) is 15.3 Å². The third kappa shape index (κ3) is 4.04. The van der Waals surface area contributed by atoms with E-state index in [0.717, 1.165) is 0 Å². The number of hydrogen-bond acceptors (Lipinski definition) is 5. The fourth-order valence-electron chi connectivity index (χ4n) is 4.25. The maximum absolute atomic E-state index is 14.1. The molecular weight excluding hydrogens is 407 g/mol. The summed E-state index contributed by atoms with van der Waals surface area (Å²) < 4.78 is 48.0. The first kappa shape index (κ1) is 21.4. The lowest BCUT2D eigenvalue weighted by atomic mass is 9.70. The molecule has 2 atom stereocenters. The normalized spacial score (nSPS) is 20.6. The first-order chi connectivity index (χ1) is 14.6. The van der Waals surface area contributed by atoms with Gasteiger partial charge >= 0.3 is 6.18 Å². The molecular formula is C23H24F3N3O2. The van der Waals surface area contributed by atoms with Gasteiger partial charge in [-0.05, 0) is 38.0 Å². The van der Waals surface area contributed by atoms with Gasteiger partial charge in [-0.25, -0.2) is 9.97 Å². The summed E-state index contributed by atoms with van der Waals surface area (Å²) in [7, 11) is 0. The van der Waals surface area contributed by atoms with E-state index in [1.807, 2.05) is 0 Å². The maximum atomic E-state index is 14.1.